The summed E-state index contributed by atoms with van der Waals surface area (Å²) in [6.07, 6.45) is 2.36. The Bertz CT molecular complexity index is 184. The number of carboxylic acid groups (broad SMARTS) is 1. The fourth-order valence-corrected chi connectivity index (χ4v) is 0.390. The molecular formula is C9H14O4. The van der Waals surface area contributed by atoms with Crippen LogP contribution in [0.4, 0.5) is 0 Å². The van der Waals surface area contributed by atoms with E-state index in [0.29, 0.717) is 6.61 Å². The molecule has 74 valence electrons. The molecular weight excluding hydrogens is 172 g/mol. The number of aliphatic carboxylic acids is 1. The van der Waals surface area contributed by atoms with Gasteiger partial charge in [0, 0.05) is 12.2 Å². The molecule has 0 saturated heterocycles. The predicted molar refractivity (Wildman–Crippen MR) is 49.3 cm³/mol. The summed E-state index contributed by atoms with van der Waals surface area (Å²) in [5.41, 5.74) is 0. The first-order chi connectivity index (χ1) is 6.16. The topological polar surface area (TPSA) is 63.6 Å². The van der Waals surface area contributed by atoms with Gasteiger partial charge in [-0.05, 0) is 6.42 Å². The number of hydrogen-bond donors (Lipinski definition) is 1. The van der Waals surface area contributed by atoms with Crippen molar-refractivity contribution >= 4 is 11.9 Å². The third kappa shape index (κ3) is 13.4. The Morgan fingerprint density at radius 3 is 2.31 bits per heavy atom. The molecule has 13 heavy (non-hydrogen) atoms. The zero-order valence-electron chi connectivity index (χ0n) is 7.66. The van der Waals surface area contributed by atoms with E-state index in [2.05, 4.69) is 17.9 Å². The predicted octanol–water partition coefficient (Wildman–Crippen LogP) is 1.38. The fraction of sp³-hybridized carbons (Fsp3) is 0.333. The van der Waals surface area contributed by atoms with Crippen molar-refractivity contribution in [3.63, 3.8) is 0 Å². The SMILES string of the molecule is C=C.CCCOC(=O)/C=C\C(=O)O. The van der Waals surface area contributed by atoms with Crippen LogP contribution in [0.25, 0.3) is 0 Å². The number of ether oxygens (including phenoxy) is 1. The zero-order chi connectivity index (χ0) is 10.7. The van der Waals surface area contributed by atoms with E-state index in [4.69, 9.17) is 5.11 Å². The number of esters is 1. The lowest BCUT2D eigenvalue weighted by Gasteiger charge is -1.95. The molecule has 4 heteroatoms. The highest BCUT2D eigenvalue weighted by Crippen LogP contribution is 1.84. The van der Waals surface area contributed by atoms with Gasteiger partial charge in [-0.25, -0.2) is 9.59 Å². The molecule has 0 bridgehead atoms. The van der Waals surface area contributed by atoms with Gasteiger partial charge in [-0.1, -0.05) is 6.92 Å². The minimum Gasteiger partial charge on any atom is -0.478 e. The lowest BCUT2D eigenvalue weighted by molar-refractivity contribution is -0.138. The first-order valence-corrected chi connectivity index (χ1v) is 3.74. The van der Waals surface area contributed by atoms with Gasteiger partial charge in [0.15, 0.2) is 0 Å². The number of hydrogen-bond acceptors (Lipinski definition) is 3. The molecule has 0 saturated carbocycles. The molecule has 0 unspecified atom stereocenters. The van der Waals surface area contributed by atoms with Gasteiger partial charge in [0.2, 0.25) is 0 Å². The minimum atomic E-state index is -1.15. The molecule has 4 nitrogen and oxygen atoms in total. The van der Waals surface area contributed by atoms with Gasteiger partial charge in [0.1, 0.15) is 0 Å². The van der Waals surface area contributed by atoms with Gasteiger partial charge in [-0.15, -0.1) is 13.2 Å². The van der Waals surface area contributed by atoms with Crippen LogP contribution in [0, 0.1) is 0 Å². The first-order valence-electron chi connectivity index (χ1n) is 3.74. The normalized spacial score (nSPS) is 8.69. The quantitative estimate of drug-likeness (QED) is 0.409. The monoisotopic (exact) mass is 186 g/mol. The summed E-state index contributed by atoms with van der Waals surface area (Å²) in [6.45, 7) is 8.18. The largest absolute Gasteiger partial charge is 0.478 e. The van der Waals surface area contributed by atoms with Gasteiger partial charge in [0.25, 0.3) is 0 Å². The summed E-state index contributed by atoms with van der Waals surface area (Å²) < 4.78 is 4.55. The van der Waals surface area contributed by atoms with Gasteiger partial charge < -0.3 is 9.84 Å². The van der Waals surface area contributed by atoms with Crippen molar-refractivity contribution in [1.29, 1.82) is 0 Å². The van der Waals surface area contributed by atoms with E-state index in [9.17, 15) is 9.59 Å². The Kier molecular flexibility index (Phi) is 11.2. The van der Waals surface area contributed by atoms with Crippen LogP contribution in [0.5, 0.6) is 0 Å². The first kappa shape index (κ1) is 14.0. The third-order valence-electron chi connectivity index (χ3n) is 0.810. The van der Waals surface area contributed by atoms with Crippen molar-refractivity contribution in [3.8, 4) is 0 Å². The molecule has 0 aromatic carbocycles. The maximum absolute atomic E-state index is 10.5. The van der Waals surface area contributed by atoms with E-state index in [0.717, 1.165) is 18.6 Å². The van der Waals surface area contributed by atoms with Gasteiger partial charge in [0.05, 0.1) is 6.61 Å². The van der Waals surface area contributed by atoms with Gasteiger partial charge in [-0.3, -0.25) is 0 Å². The number of rotatable bonds is 4. The Morgan fingerprint density at radius 1 is 1.38 bits per heavy atom. The molecule has 0 aromatic heterocycles. The molecule has 0 spiro atoms. The van der Waals surface area contributed by atoms with Crippen molar-refractivity contribution in [3.05, 3.63) is 25.3 Å². The Morgan fingerprint density at radius 2 is 1.92 bits per heavy atom. The van der Waals surface area contributed by atoms with Crippen molar-refractivity contribution in [2.45, 2.75) is 13.3 Å². The van der Waals surface area contributed by atoms with Crippen molar-refractivity contribution in [2.75, 3.05) is 6.61 Å². The highest BCUT2D eigenvalue weighted by molar-refractivity contribution is 5.90. The average Bonchev–Trinajstić information content (AvgIpc) is 2.14. The van der Waals surface area contributed by atoms with Crippen LogP contribution >= 0.6 is 0 Å². The molecule has 0 aromatic rings. The van der Waals surface area contributed by atoms with E-state index in [1.807, 2.05) is 6.92 Å². The van der Waals surface area contributed by atoms with Crippen molar-refractivity contribution in [2.24, 2.45) is 0 Å². The summed E-state index contributed by atoms with van der Waals surface area (Å²) in [5, 5.41) is 8.09. The van der Waals surface area contributed by atoms with E-state index in [1.54, 1.807) is 0 Å². The second-order valence-corrected chi connectivity index (χ2v) is 1.84. The molecule has 1 N–H and O–H groups in total. The van der Waals surface area contributed by atoms with Crippen LogP contribution in [-0.2, 0) is 14.3 Å². The Balaban J connectivity index is 0. The molecule has 0 aliphatic rings. The van der Waals surface area contributed by atoms with Gasteiger partial charge >= 0.3 is 11.9 Å². The van der Waals surface area contributed by atoms with Crippen LogP contribution in [-0.4, -0.2) is 23.7 Å². The molecule has 0 fully saturated rings. The smallest absolute Gasteiger partial charge is 0.331 e. The van der Waals surface area contributed by atoms with Gasteiger partial charge in [-0.2, -0.15) is 0 Å². The standard InChI is InChI=1S/C7H10O4.C2H4/c1-2-5-11-7(10)4-3-6(8)9;1-2/h3-4H,2,5H2,1H3,(H,8,9);1-2H2/b4-3-;. The van der Waals surface area contributed by atoms with Crippen LogP contribution in [0.3, 0.4) is 0 Å². The Hall–Kier alpha value is -1.58. The summed E-state index contributed by atoms with van der Waals surface area (Å²) in [5.74, 6) is -1.77. The highest BCUT2D eigenvalue weighted by Gasteiger charge is 1.95. The summed E-state index contributed by atoms with van der Waals surface area (Å²) in [4.78, 5) is 20.4. The maximum atomic E-state index is 10.5. The summed E-state index contributed by atoms with van der Waals surface area (Å²) >= 11 is 0. The molecule has 0 rings (SSSR count). The molecule has 0 heterocycles. The number of carbonyl (C=O) groups is 2. The van der Waals surface area contributed by atoms with Crippen LogP contribution < -0.4 is 0 Å². The number of carbonyl (C=O) groups excluding carboxylic acids is 1. The maximum Gasteiger partial charge on any atom is 0.331 e. The lowest BCUT2D eigenvalue weighted by atomic mass is 10.5. The second kappa shape index (κ2) is 10.4. The second-order valence-electron chi connectivity index (χ2n) is 1.84. The van der Waals surface area contributed by atoms with Crippen LogP contribution in [0.15, 0.2) is 25.3 Å². The van der Waals surface area contributed by atoms with Crippen LogP contribution in [0.1, 0.15) is 13.3 Å². The average molecular weight is 186 g/mol. The van der Waals surface area contributed by atoms with E-state index >= 15 is 0 Å². The minimum absolute atomic E-state index is 0.322. The molecule has 0 atom stereocenters. The van der Waals surface area contributed by atoms with E-state index < -0.39 is 11.9 Å². The summed E-state index contributed by atoms with van der Waals surface area (Å²) in [6, 6.07) is 0. The lowest BCUT2D eigenvalue weighted by Crippen LogP contribution is -2.02. The Labute approximate surface area is 77.5 Å². The van der Waals surface area contributed by atoms with Crippen molar-refractivity contribution < 1.29 is 19.4 Å². The van der Waals surface area contributed by atoms with E-state index in [1.165, 1.54) is 0 Å². The highest BCUT2D eigenvalue weighted by atomic mass is 16.5. The molecule has 0 aliphatic heterocycles. The zero-order valence-corrected chi connectivity index (χ0v) is 7.66. The fourth-order valence-electron chi connectivity index (χ4n) is 0.390. The van der Waals surface area contributed by atoms with Crippen LogP contribution in [0.2, 0.25) is 0 Å². The van der Waals surface area contributed by atoms with Crippen molar-refractivity contribution in [1.82, 2.24) is 0 Å². The third-order valence-corrected chi connectivity index (χ3v) is 0.810. The number of carboxylic acids is 1. The molecule has 0 amide bonds. The summed E-state index contributed by atoms with van der Waals surface area (Å²) in [7, 11) is 0. The van der Waals surface area contributed by atoms with E-state index in [-0.39, 0.29) is 0 Å². The molecule has 0 radical (unpaired) electrons. The molecule has 0 aliphatic carbocycles.